The number of carbonyl (C=O) groups excluding carboxylic acids is 1. The minimum Gasteiger partial charge on any atom is -0.478 e. The summed E-state index contributed by atoms with van der Waals surface area (Å²) in [5.41, 5.74) is 1.11. The number of carbonyl (C=O) groups is 1. The second-order valence-electron chi connectivity index (χ2n) is 6.34. The molecule has 1 N–H and O–H groups in total. The van der Waals surface area contributed by atoms with Crippen molar-refractivity contribution < 1.29 is 9.53 Å². The average molecular weight is 383 g/mol. The first kappa shape index (κ1) is 18.8. The maximum Gasteiger partial charge on any atom is 0.263 e. The van der Waals surface area contributed by atoms with Gasteiger partial charge in [0.1, 0.15) is 5.75 Å². The maximum absolute atomic E-state index is 12.6. The van der Waals surface area contributed by atoms with Crippen molar-refractivity contribution in [3.8, 4) is 17.0 Å². The minimum absolute atomic E-state index is 0.226. The van der Waals surface area contributed by atoms with E-state index in [0.717, 1.165) is 5.56 Å². The lowest BCUT2D eigenvalue weighted by Crippen LogP contribution is -2.46. The smallest absolute Gasteiger partial charge is 0.263 e. The number of aromatic nitrogens is 3. The van der Waals surface area contributed by atoms with Crippen molar-refractivity contribution in [3.63, 3.8) is 0 Å². The molecule has 3 aromatic rings. The molecule has 0 bridgehead atoms. The molecule has 0 aliphatic heterocycles. The number of nitrogens with one attached hydrogen (secondary N) is 1. The standard InChI is InChI=1S/C20H19ClN4O2/c1-20(2,27-16-7-5-15(21)6-8-16)19(26)25-13-17-18(24-11-10-23-17)14-4-3-9-22-12-14/h3-12H,13H2,1-2H3,(H,25,26). The van der Waals surface area contributed by atoms with Gasteiger partial charge >= 0.3 is 0 Å². The lowest BCUT2D eigenvalue weighted by Gasteiger charge is -2.25. The maximum atomic E-state index is 12.6. The summed E-state index contributed by atoms with van der Waals surface area (Å²) < 4.78 is 5.81. The quantitative estimate of drug-likeness (QED) is 0.703. The van der Waals surface area contributed by atoms with Crippen LogP contribution in [-0.4, -0.2) is 26.5 Å². The van der Waals surface area contributed by atoms with Crippen molar-refractivity contribution in [2.24, 2.45) is 0 Å². The lowest BCUT2D eigenvalue weighted by atomic mass is 10.1. The Hall–Kier alpha value is -2.99. The first-order chi connectivity index (χ1) is 13.0. The van der Waals surface area contributed by atoms with E-state index >= 15 is 0 Å². The molecule has 2 aromatic heterocycles. The summed E-state index contributed by atoms with van der Waals surface area (Å²) in [6.45, 7) is 3.63. The van der Waals surface area contributed by atoms with E-state index in [1.54, 1.807) is 62.9 Å². The molecule has 3 rings (SSSR count). The van der Waals surface area contributed by atoms with E-state index in [0.29, 0.717) is 22.2 Å². The number of ether oxygens (including phenoxy) is 1. The first-order valence-corrected chi connectivity index (χ1v) is 8.77. The van der Waals surface area contributed by atoms with Gasteiger partial charge in [0.05, 0.1) is 17.9 Å². The van der Waals surface area contributed by atoms with Crippen LogP contribution in [0.25, 0.3) is 11.3 Å². The molecule has 0 radical (unpaired) electrons. The molecule has 138 valence electrons. The van der Waals surface area contributed by atoms with Gasteiger partial charge in [-0.25, -0.2) is 0 Å². The Bertz CT molecular complexity index is 915. The predicted molar refractivity (Wildman–Crippen MR) is 103 cm³/mol. The SMILES string of the molecule is CC(C)(Oc1ccc(Cl)cc1)C(=O)NCc1nccnc1-c1cccnc1. The summed E-state index contributed by atoms with van der Waals surface area (Å²) in [4.78, 5) is 25.4. The summed E-state index contributed by atoms with van der Waals surface area (Å²) in [6.07, 6.45) is 6.61. The summed E-state index contributed by atoms with van der Waals surface area (Å²) in [7, 11) is 0. The zero-order valence-electron chi connectivity index (χ0n) is 15.0. The zero-order chi connectivity index (χ0) is 19.3. The molecule has 0 saturated carbocycles. The van der Waals surface area contributed by atoms with Gasteiger partial charge < -0.3 is 10.1 Å². The Morgan fingerprint density at radius 1 is 1.11 bits per heavy atom. The topological polar surface area (TPSA) is 77.0 Å². The van der Waals surface area contributed by atoms with E-state index in [4.69, 9.17) is 16.3 Å². The van der Waals surface area contributed by atoms with Crippen LogP contribution in [0.4, 0.5) is 0 Å². The summed E-state index contributed by atoms with van der Waals surface area (Å²) in [6, 6.07) is 10.6. The molecule has 6 nitrogen and oxygen atoms in total. The highest BCUT2D eigenvalue weighted by Gasteiger charge is 2.30. The molecule has 1 aromatic carbocycles. The zero-order valence-corrected chi connectivity index (χ0v) is 15.8. The van der Waals surface area contributed by atoms with E-state index in [1.807, 2.05) is 12.1 Å². The van der Waals surface area contributed by atoms with Crippen LogP contribution in [0.2, 0.25) is 5.02 Å². The third-order valence-electron chi connectivity index (χ3n) is 3.86. The number of pyridine rings is 1. The Labute approximate surface area is 162 Å². The fourth-order valence-electron chi connectivity index (χ4n) is 2.46. The number of benzene rings is 1. The number of amides is 1. The third kappa shape index (κ3) is 4.80. The average Bonchev–Trinajstić information content (AvgIpc) is 2.68. The van der Waals surface area contributed by atoms with E-state index < -0.39 is 5.60 Å². The van der Waals surface area contributed by atoms with Crippen LogP contribution < -0.4 is 10.1 Å². The van der Waals surface area contributed by atoms with Crippen LogP contribution in [-0.2, 0) is 11.3 Å². The number of hydrogen-bond donors (Lipinski definition) is 1. The molecule has 0 atom stereocenters. The molecular formula is C20H19ClN4O2. The summed E-state index contributed by atoms with van der Waals surface area (Å²) in [5, 5.41) is 3.47. The second kappa shape index (κ2) is 8.14. The fourth-order valence-corrected chi connectivity index (χ4v) is 2.59. The number of rotatable bonds is 6. The molecule has 0 aliphatic rings. The van der Waals surface area contributed by atoms with Crippen LogP contribution in [0.1, 0.15) is 19.5 Å². The van der Waals surface area contributed by atoms with Crippen LogP contribution in [0.15, 0.2) is 61.2 Å². The van der Waals surface area contributed by atoms with E-state index in [9.17, 15) is 4.79 Å². The van der Waals surface area contributed by atoms with Crippen molar-refractivity contribution >= 4 is 17.5 Å². The highest BCUT2D eigenvalue weighted by molar-refractivity contribution is 6.30. The summed E-state index contributed by atoms with van der Waals surface area (Å²) in [5.74, 6) is 0.301. The van der Waals surface area contributed by atoms with Gasteiger partial charge in [0, 0.05) is 35.4 Å². The Balaban J connectivity index is 1.69. The molecular weight excluding hydrogens is 364 g/mol. The van der Waals surface area contributed by atoms with E-state index in [1.165, 1.54) is 0 Å². The van der Waals surface area contributed by atoms with Crippen LogP contribution >= 0.6 is 11.6 Å². The Morgan fingerprint density at radius 2 is 1.85 bits per heavy atom. The first-order valence-electron chi connectivity index (χ1n) is 8.39. The molecule has 0 unspecified atom stereocenters. The van der Waals surface area contributed by atoms with Crippen LogP contribution in [0.3, 0.4) is 0 Å². The number of halogens is 1. The van der Waals surface area contributed by atoms with E-state index in [2.05, 4.69) is 20.3 Å². The normalized spacial score (nSPS) is 11.1. The molecule has 2 heterocycles. The predicted octanol–water partition coefficient (Wildman–Crippen LogP) is 3.67. The van der Waals surface area contributed by atoms with Gasteiger partial charge in [0.25, 0.3) is 5.91 Å². The minimum atomic E-state index is -1.06. The molecule has 1 amide bonds. The molecule has 0 saturated heterocycles. The van der Waals surface area contributed by atoms with Gasteiger partial charge in [0.2, 0.25) is 0 Å². The highest BCUT2D eigenvalue weighted by atomic mass is 35.5. The van der Waals surface area contributed by atoms with Crippen molar-refractivity contribution in [3.05, 3.63) is 71.9 Å². The molecule has 7 heteroatoms. The van der Waals surface area contributed by atoms with Crippen LogP contribution in [0, 0.1) is 0 Å². The van der Waals surface area contributed by atoms with Gasteiger partial charge in [-0.15, -0.1) is 0 Å². The largest absolute Gasteiger partial charge is 0.478 e. The summed E-state index contributed by atoms with van der Waals surface area (Å²) >= 11 is 5.88. The Kier molecular flexibility index (Phi) is 5.66. The van der Waals surface area contributed by atoms with Gasteiger partial charge in [-0.05, 0) is 50.2 Å². The highest BCUT2D eigenvalue weighted by Crippen LogP contribution is 2.22. The van der Waals surface area contributed by atoms with Gasteiger partial charge in [-0.1, -0.05) is 11.6 Å². The number of hydrogen-bond acceptors (Lipinski definition) is 5. The van der Waals surface area contributed by atoms with Crippen molar-refractivity contribution in [1.29, 1.82) is 0 Å². The molecule has 27 heavy (non-hydrogen) atoms. The van der Waals surface area contributed by atoms with Crippen LogP contribution in [0.5, 0.6) is 5.75 Å². The lowest BCUT2D eigenvalue weighted by molar-refractivity contribution is -0.134. The van der Waals surface area contributed by atoms with E-state index in [-0.39, 0.29) is 12.5 Å². The Morgan fingerprint density at radius 3 is 2.56 bits per heavy atom. The van der Waals surface area contributed by atoms with Gasteiger partial charge in [-0.3, -0.25) is 19.7 Å². The molecule has 0 fully saturated rings. The molecule has 0 spiro atoms. The number of nitrogens with zero attached hydrogens (tertiary/aromatic N) is 3. The van der Waals surface area contributed by atoms with Crippen molar-refractivity contribution in [2.75, 3.05) is 0 Å². The monoisotopic (exact) mass is 382 g/mol. The molecule has 0 aliphatic carbocycles. The van der Waals surface area contributed by atoms with Crippen molar-refractivity contribution in [1.82, 2.24) is 20.3 Å². The second-order valence-corrected chi connectivity index (χ2v) is 6.78. The third-order valence-corrected chi connectivity index (χ3v) is 4.11. The van der Waals surface area contributed by atoms with Gasteiger partial charge in [-0.2, -0.15) is 0 Å². The van der Waals surface area contributed by atoms with Crippen molar-refractivity contribution in [2.45, 2.75) is 26.0 Å². The van der Waals surface area contributed by atoms with Gasteiger partial charge in [0.15, 0.2) is 5.60 Å². The fraction of sp³-hybridized carbons (Fsp3) is 0.200.